The van der Waals surface area contributed by atoms with Gasteiger partial charge in [0, 0.05) is 0 Å². The van der Waals surface area contributed by atoms with Crippen LogP contribution in [0.4, 0.5) is 0 Å². The molecule has 4 nitrogen and oxygen atoms in total. The summed E-state index contributed by atoms with van der Waals surface area (Å²) >= 11 is 0. The molecule has 1 aliphatic rings. The predicted molar refractivity (Wildman–Crippen MR) is 114 cm³/mol. The van der Waals surface area contributed by atoms with E-state index < -0.39 is 0 Å². The average molecular weight is 366 g/mol. The van der Waals surface area contributed by atoms with Crippen molar-refractivity contribution >= 4 is 5.84 Å². The molecule has 1 unspecified atom stereocenters. The molecule has 0 aromatic rings. The molecule has 152 valence electrons. The minimum absolute atomic E-state index is 0.181. The zero-order valence-electron chi connectivity index (χ0n) is 17.4. The van der Waals surface area contributed by atoms with Crippen molar-refractivity contribution in [3.8, 4) is 0 Å². The molecule has 0 saturated carbocycles. The topological polar surface area (TPSA) is 55.3 Å². The molecule has 1 atom stereocenters. The first-order valence-electron chi connectivity index (χ1n) is 11.1. The summed E-state index contributed by atoms with van der Waals surface area (Å²) in [6.07, 6.45) is 22.4. The van der Waals surface area contributed by atoms with Crippen LogP contribution in [-0.2, 0) is 0 Å². The first-order chi connectivity index (χ1) is 12.7. The van der Waals surface area contributed by atoms with Crippen LogP contribution in [0.25, 0.3) is 0 Å². The Bertz CT molecular complexity index is 404. The Morgan fingerprint density at radius 2 is 1.50 bits per heavy atom. The molecule has 0 radical (unpaired) electrons. The van der Waals surface area contributed by atoms with Crippen LogP contribution in [0.5, 0.6) is 0 Å². The lowest BCUT2D eigenvalue weighted by atomic mass is 10.0. The molecule has 4 heteroatoms. The van der Waals surface area contributed by atoms with Crippen molar-refractivity contribution in [2.24, 2.45) is 5.73 Å². The van der Waals surface area contributed by atoms with Crippen LogP contribution in [-0.4, -0.2) is 41.2 Å². The highest BCUT2D eigenvalue weighted by molar-refractivity contribution is 5.83. The SMILES string of the molecule is CCCCCCCCCCCCCCC=CCN1CC[N+]([O-])=C1C(C)N. The van der Waals surface area contributed by atoms with Crippen LogP contribution in [0.3, 0.4) is 0 Å². The molecule has 1 heterocycles. The van der Waals surface area contributed by atoms with Gasteiger partial charge in [-0.15, -0.1) is 0 Å². The van der Waals surface area contributed by atoms with Gasteiger partial charge in [-0.1, -0.05) is 83.6 Å². The molecule has 0 spiro atoms. The molecule has 1 aliphatic heterocycles. The van der Waals surface area contributed by atoms with Crippen LogP contribution in [0.2, 0.25) is 0 Å². The van der Waals surface area contributed by atoms with E-state index in [2.05, 4.69) is 24.0 Å². The van der Waals surface area contributed by atoms with E-state index >= 15 is 0 Å². The summed E-state index contributed by atoms with van der Waals surface area (Å²) < 4.78 is 1.05. The summed E-state index contributed by atoms with van der Waals surface area (Å²) in [6.45, 7) is 6.32. The number of rotatable bonds is 16. The van der Waals surface area contributed by atoms with Gasteiger partial charge >= 0.3 is 0 Å². The molecule has 0 saturated heterocycles. The highest BCUT2D eigenvalue weighted by Crippen LogP contribution is 2.12. The first kappa shape index (κ1) is 23.0. The first-order valence-corrected chi connectivity index (χ1v) is 11.1. The molecule has 0 aromatic carbocycles. The number of amidine groups is 1. The quantitative estimate of drug-likeness (QED) is 0.177. The van der Waals surface area contributed by atoms with Gasteiger partial charge in [0.25, 0.3) is 5.84 Å². The van der Waals surface area contributed by atoms with Gasteiger partial charge in [0.05, 0.1) is 0 Å². The Kier molecular flexibility index (Phi) is 13.3. The summed E-state index contributed by atoms with van der Waals surface area (Å²) in [4.78, 5) is 2.11. The highest BCUT2D eigenvalue weighted by atomic mass is 16.5. The maximum atomic E-state index is 11.7. The van der Waals surface area contributed by atoms with Crippen molar-refractivity contribution in [3.63, 3.8) is 0 Å². The smallest absolute Gasteiger partial charge is 0.267 e. The number of unbranched alkanes of at least 4 members (excludes halogenated alkanes) is 12. The average Bonchev–Trinajstić information content (AvgIpc) is 2.99. The predicted octanol–water partition coefficient (Wildman–Crippen LogP) is 5.21. The Morgan fingerprint density at radius 3 is 2.04 bits per heavy atom. The van der Waals surface area contributed by atoms with Gasteiger partial charge < -0.3 is 10.9 Å². The van der Waals surface area contributed by atoms with E-state index in [1.807, 2.05) is 6.92 Å². The summed E-state index contributed by atoms with van der Waals surface area (Å²) in [7, 11) is 0. The number of nitrogens with zero attached hydrogens (tertiary/aromatic N) is 2. The molecule has 26 heavy (non-hydrogen) atoms. The van der Waals surface area contributed by atoms with Crippen molar-refractivity contribution in [1.82, 2.24) is 4.90 Å². The third-order valence-electron chi connectivity index (χ3n) is 5.28. The maximum absolute atomic E-state index is 11.7. The number of allylic oxidation sites excluding steroid dienone is 1. The fourth-order valence-corrected chi connectivity index (χ4v) is 3.72. The number of hydrogen-bond donors (Lipinski definition) is 1. The summed E-state index contributed by atoms with van der Waals surface area (Å²) in [6, 6.07) is -0.181. The van der Waals surface area contributed by atoms with Crippen LogP contribution in [0.15, 0.2) is 12.2 Å². The summed E-state index contributed by atoms with van der Waals surface area (Å²) in [5.74, 6) is 0.736. The lowest BCUT2D eigenvalue weighted by molar-refractivity contribution is -0.447. The Labute approximate surface area is 162 Å². The molecular weight excluding hydrogens is 322 g/mol. The fraction of sp³-hybridized carbons (Fsp3) is 0.864. The van der Waals surface area contributed by atoms with E-state index in [0.717, 1.165) is 30.1 Å². The van der Waals surface area contributed by atoms with E-state index in [1.165, 1.54) is 77.0 Å². The van der Waals surface area contributed by atoms with Gasteiger partial charge in [-0.25, -0.2) is 0 Å². The van der Waals surface area contributed by atoms with Crippen LogP contribution >= 0.6 is 0 Å². The fourth-order valence-electron chi connectivity index (χ4n) is 3.72. The molecule has 0 aromatic heterocycles. The van der Waals surface area contributed by atoms with Crippen molar-refractivity contribution in [3.05, 3.63) is 17.4 Å². The molecule has 0 amide bonds. The van der Waals surface area contributed by atoms with Crippen LogP contribution in [0.1, 0.15) is 97.3 Å². The highest BCUT2D eigenvalue weighted by Gasteiger charge is 2.28. The van der Waals surface area contributed by atoms with Crippen molar-refractivity contribution in [2.75, 3.05) is 19.6 Å². The molecule has 2 N–H and O–H groups in total. The van der Waals surface area contributed by atoms with Gasteiger partial charge in [0.1, 0.15) is 25.7 Å². The Balaban J connectivity index is 1.90. The number of hydroxylamine groups is 1. The Morgan fingerprint density at radius 1 is 0.962 bits per heavy atom. The van der Waals surface area contributed by atoms with Crippen LogP contribution in [0, 0.1) is 5.21 Å². The standard InChI is InChI=1S/C22H43N3O/c1-3-4-5-6-7-8-9-10-11-12-13-14-15-16-17-18-24-19-20-25(26)22(24)21(2)23/h16-17,21H,3-15,18-20,23H2,1-2H3. The molecular formula is C22H43N3O. The minimum atomic E-state index is -0.181. The van der Waals surface area contributed by atoms with Crippen LogP contribution < -0.4 is 5.73 Å². The van der Waals surface area contributed by atoms with Crippen molar-refractivity contribution < 1.29 is 4.74 Å². The number of hydrogen-bond acceptors (Lipinski definition) is 3. The largest absolute Gasteiger partial charge is 0.715 e. The van der Waals surface area contributed by atoms with E-state index in [1.54, 1.807) is 0 Å². The van der Waals surface area contributed by atoms with E-state index in [9.17, 15) is 5.21 Å². The summed E-state index contributed by atoms with van der Waals surface area (Å²) in [5.41, 5.74) is 5.89. The molecule has 1 rings (SSSR count). The lowest BCUT2D eigenvalue weighted by Gasteiger charge is -2.15. The third-order valence-corrected chi connectivity index (χ3v) is 5.28. The zero-order valence-corrected chi connectivity index (χ0v) is 17.4. The van der Waals surface area contributed by atoms with Gasteiger partial charge in [0.15, 0.2) is 0 Å². The molecule has 0 bridgehead atoms. The summed E-state index contributed by atoms with van der Waals surface area (Å²) in [5, 5.41) is 11.7. The van der Waals surface area contributed by atoms with Gasteiger partial charge in [-0.3, -0.25) is 9.64 Å². The van der Waals surface area contributed by atoms with E-state index in [0.29, 0.717) is 6.54 Å². The normalized spacial score (nSPS) is 16.2. The van der Waals surface area contributed by atoms with Crippen molar-refractivity contribution in [1.29, 1.82) is 0 Å². The van der Waals surface area contributed by atoms with Crippen molar-refractivity contribution in [2.45, 2.75) is 103 Å². The second-order valence-corrected chi connectivity index (χ2v) is 7.84. The van der Waals surface area contributed by atoms with Gasteiger partial charge in [-0.2, -0.15) is 0 Å². The molecule has 0 fully saturated rings. The molecule has 0 aliphatic carbocycles. The number of nitrogens with two attached hydrogens (primary N) is 1. The minimum Gasteiger partial charge on any atom is -0.715 e. The third kappa shape index (κ3) is 10.2. The second-order valence-electron chi connectivity index (χ2n) is 7.84. The monoisotopic (exact) mass is 365 g/mol. The lowest BCUT2D eigenvalue weighted by Crippen LogP contribution is -2.41. The van der Waals surface area contributed by atoms with E-state index in [4.69, 9.17) is 5.73 Å². The van der Waals surface area contributed by atoms with Gasteiger partial charge in [0.2, 0.25) is 0 Å². The van der Waals surface area contributed by atoms with E-state index in [-0.39, 0.29) is 6.04 Å². The maximum Gasteiger partial charge on any atom is 0.267 e. The second kappa shape index (κ2) is 15.1. The Hall–Kier alpha value is -1.03. The zero-order chi connectivity index (χ0) is 19.0. The van der Waals surface area contributed by atoms with Gasteiger partial charge in [-0.05, 0) is 25.8 Å².